The number of anilines is 3. The molecule has 10 nitrogen and oxygen atoms in total. The zero-order valence-electron chi connectivity index (χ0n) is 22.6. The lowest BCUT2D eigenvalue weighted by atomic mass is 10.1. The van der Waals surface area contributed by atoms with Gasteiger partial charge in [-0.05, 0) is 60.9 Å². The molecule has 0 radical (unpaired) electrons. The van der Waals surface area contributed by atoms with E-state index < -0.39 is 0 Å². The summed E-state index contributed by atoms with van der Waals surface area (Å²) in [5.41, 5.74) is 5.12. The van der Waals surface area contributed by atoms with Crippen LogP contribution >= 0.6 is 0 Å². The van der Waals surface area contributed by atoms with Gasteiger partial charge in [-0.1, -0.05) is 12.1 Å². The predicted octanol–water partition coefficient (Wildman–Crippen LogP) is 5.61. The van der Waals surface area contributed by atoms with E-state index in [1.54, 1.807) is 40.0 Å². The Morgan fingerprint density at radius 1 is 0.872 bits per heavy atom. The Kier molecular flexibility index (Phi) is 7.44. The third-order valence-electron chi connectivity index (χ3n) is 6.27. The molecular formula is C29H30N6O4. The van der Waals surface area contributed by atoms with Gasteiger partial charge in [-0.15, -0.1) is 0 Å². The minimum absolute atomic E-state index is 0.415. The first-order valence-corrected chi connectivity index (χ1v) is 12.4. The number of nitrogens with zero attached hydrogens (tertiary/aromatic N) is 5. The van der Waals surface area contributed by atoms with Gasteiger partial charge in [-0.25, -0.2) is 9.97 Å². The van der Waals surface area contributed by atoms with E-state index in [0.717, 1.165) is 28.1 Å². The van der Waals surface area contributed by atoms with E-state index in [1.165, 1.54) is 0 Å². The molecule has 39 heavy (non-hydrogen) atoms. The van der Waals surface area contributed by atoms with Crippen molar-refractivity contribution in [3.63, 3.8) is 0 Å². The molecule has 10 heteroatoms. The van der Waals surface area contributed by atoms with Gasteiger partial charge in [0.15, 0.2) is 28.5 Å². The molecule has 0 aliphatic rings. The van der Waals surface area contributed by atoms with Gasteiger partial charge < -0.3 is 28.8 Å². The molecule has 3 aromatic heterocycles. The van der Waals surface area contributed by atoms with Gasteiger partial charge in [0.25, 0.3) is 0 Å². The van der Waals surface area contributed by atoms with E-state index in [2.05, 4.69) is 40.4 Å². The van der Waals surface area contributed by atoms with E-state index in [9.17, 15) is 0 Å². The molecule has 0 unspecified atom stereocenters. The van der Waals surface area contributed by atoms with Crippen LogP contribution in [0.3, 0.4) is 0 Å². The van der Waals surface area contributed by atoms with Crippen molar-refractivity contribution in [2.45, 2.75) is 26.9 Å². The average molecular weight is 527 g/mol. The molecule has 2 aromatic carbocycles. The van der Waals surface area contributed by atoms with Crippen molar-refractivity contribution in [2.24, 2.45) is 0 Å². The molecule has 3 heterocycles. The summed E-state index contributed by atoms with van der Waals surface area (Å²) in [6.45, 7) is 4.94. The SMILES string of the molecule is COc1cc(CN(Cc2ccco2)c2nc(Nc3cc(C)ccc3C)c3nccnc3n2)cc(OC)c1OC. The summed E-state index contributed by atoms with van der Waals surface area (Å²) in [4.78, 5) is 20.7. The second-order valence-electron chi connectivity index (χ2n) is 9.01. The van der Waals surface area contributed by atoms with Gasteiger partial charge in [-0.2, -0.15) is 9.97 Å². The molecule has 0 fully saturated rings. The van der Waals surface area contributed by atoms with Crippen LogP contribution in [-0.4, -0.2) is 41.3 Å². The lowest BCUT2D eigenvalue weighted by molar-refractivity contribution is 0.323. The fraction of sp³-hybridized carbons (Fsp3) is 0.241. The van der Waals surface area contributed by atoms with Gasteiger partial charge in [0.05, 0.1) is 34.1 Å². The van der Waals surface area contributed by atoms with Crippen LogP contribution in [0, 0.1) is 13.8 Å². The van der Waals surface area contributed by atoms with Crippen molar-refractivity contribution in [3.05, 3.63) is 83.6 Å². The highest BCUT2D eigenvalue weighted by Gasteiger charge is 2.20. The Morgan fingerprint density at radius 3 is 2.33 bits per heavy atom. The summed E-state index contributed by atoms with van der Waals surface area (Å²) in [6, 6.07) is 13.8. The van der Waals surface area contributed by atoms with Gasteiger partial charge in [0.1, 0.15) is 5.76 Å². The Hall–Kier alpha value is -4.86. The highest BCUT2D eigenvalue weighted by molar-refractivity contribution is 5.86. The summed E-state index contributed by atoms with van der Waals surface area (Å²) in [6.07, 6.45) is 4.90. The van der Waals surface area contributed by atoms with Crippen molar-refractivity contribution < 1.29 is 18.6 Å². The van der Waals surface area contributed by atoms with Crippen LogP contribution in [-0.2, 0) is 13.1 Å². The number of hydrogen-bond donors (Lipinski definition) is 1. The zero-order chi connectivity index (χ0) is 27.4. The summed E-state index contributed by atoms with van der Waals surface area (Å²) in [5.74, 6) is 3.43. The van der Waals surface area contributed by atoms with Crippen molar-refractivity contribution in [1.82, 2.24) is 19.9 Å². The maximum absolute atomic E-state index is 5.68. The molecule has 0 aliphatic heterocycles. The van der Waals surface area contributed by atoms with Crippen LogP contribution < -0.4 is 24.4 Å². The number of benzene rings is 2. The number of furan rings is 1. The second-order valence-corrected chi connectivity index (χ2v) is 9.01. The van der Waals surface area contributed by atoms with Crippen molar-refractivity contribution in [1.29, 1.82) is 0 Å². The summed E-state index contributed by atoms with van der Waals surface area (Å²) in [7, 11) is 4.77. The quantitative estimate of drug-likeness (QED) is 0.247. The Balaban J connectivity index is 1.60. The summed E-state index contributed by atoms with van der Waals surface area (Å²) >= 11 is 0. The zero-order valence-corrected chi connectivity index (χ0v) is 22.6. The molecule has 0 bridgehead atoms. The molecule has 1 N–H and O–H groups in total. The third kappa shape index (κ3) is 5.54. The van der Waals surface area contributed by atoms with Crippen LogP contribution in [0.15, 0.2) is 65.5 Å². The van der Waals surface area contributed by atoms with Gasteiger partial charge in [0.2, 0.25) is 11.7 Å². The largest absolute Gasteiger partial charge is 0.493 e. The summed E-state index contributed by atoms with van der Waals surface area (Å²) < 4.78 is 22.3. The minimum Gasteiger partial charge on any atom is -0.493 e. The monoisotopic (exact) mass is 526 g/mol. The van der Waals surface area contributed by atoms with Crippen LogP contribution in [0.5, 0.6) is 17.2 Å². The summed E-state index contributed by atoms with van der Waals surface area (Å²) in [5, 5.41) is 3.47. The maximum atomic E-state index is 5.68. The van der Waals surface area contributed by atoms with Crippen molar-refractivity contribution in [3.8, 4) is 17.2 Å². The van der Waals surface area contributed by atoms with Gasteiger partial charge in [-0.3, -0.25) is 0 Å². The first kappa shape index (κ1) is 25.8. The van der Waals surface area contributed by atoms with E-state index in [-0.39, 0.29) is 0 Å². The second kappa shape index (κ2) is 11.3. The molecule has 5 aromatic rings. The van der Waals surface area contributed by atoms with E-state index >= 15 is 0 Å². The Bertz CT molecular complexity index is 1560. The topological polar surface area (TPSA) is 108 Å². The average Bonchev–Trinajstić information content (AvgIpc) is 3.47. The van der Waals surface area contributed by atoms with Crippen LogP contribution in [0.25, 0.3) is 11.2 Å². The normalized spacial score (nSPS) is 10.9. The predicted molar refractivity (Wildman–Crippen MR) is 149 cm³/mol. The molecule has 0 atom stereocenters. The number of ether oxygens (including phenoxy) is 3. The number of aryl methyl sites for hydroxylation is 2. The standard InChI is InChI=1S/C29H30N6O4/c1-18-8-9-19(2)22(13-18)32-28-25-27(31-11-10-30-25)33-29(34-28)35(17-21-7-6-12-39-21)16-20-14-23(36-3)26(38-5)24(15-20)37-4/h6-15H,16-17H2,1-5H3,(H,31,32,33,34). The van der Waals surface area contributed by atoms with E-state index in [4.69, 9.17) is 28.6 Å². The smallest absolute Gasteiger partial charge is 0.230 e. The van der Waals surface area contributed by atoms with Crippen molar-refractivity contribution in [2.75, 3.05) is 31.5 Å². The highest BCUT2D eigenvalue weighted by Crippen LogP contribution is 2.39. The fourth-order valence-corrected chi connectivity index (χ4v) is 4.31. The molecular weight excluding hydrogens is 496 g/mol. The number of aromatic nitrogens is 4. The number of nitrogens with one attached hydrogen (secondary N) is 1. The maximum Gasteiger partial charge on any atom is 0.230 e. The molecule has 0 aliphatic carbocycles. The Morgan fingerprint density at radius 2 is 1.64 bits per heavy atom. The molecule has 0 amide bonds. The number of rotatable bonds is 10. The van der Waals surface area contributed by atoms with Crippen molar-refractivity contribution >= 4 is 28.6 Å². The minimum atomic E-state index is 0.415. The van der Waals surface area contributed by atoms with Crippen LogP contribution in [0.2, 0.25) is 0 Å². The molecule has 200 valence electrons. The van der Waals surface area contributed by atoms with Crippen LogP contribution in [0.4, 0.5) is 17.5 Å². The lowest BCUT2D eigenvalue weighted by Crippen LogP contribution is -2.25. The molecule has 5 rings (SSSR count). The first-order chi connectivity index (χ1) is 19.0. The fourth-order valence-electron chi connectivity index (χ4n) is 4.31. The third-order valence-corrected chi connectivity index (χ3v) is 6.27. The number of methoxy groups -OCH3 is 3. The highest BCUT2D eigenvalue weighted by atomic mass is 16.5. The van der Waals surface area contributed by atoms with E-state index in [1.807, 2.05) is 36.1 Å². The van der Waals surface area contributed by atoms with E-state index in [0.29, 0.717) is 53.3 Å². The molecule has 0 saturated heterocycles. The number of hydrogen-bond acceptors (Lipinski definition) is 10. The first-order valence-electron chi connectivity index (χ1n) is 12.4. The molecule has 0 saturated carbocycles. The lowest BCUT2D eigenvalue weighted by Gasteiger charge is -2.24. The molecule has 0 spiro atoms. The Labute approximate surface area is 226 Å². The van der Waals surface area contributed by atoms with Gasteiger partial charge in [0, 0.05) is 24.6 Å². The van der Waals surface area contributed by atoms with Gasteiger partial charge >= 0.3 is 0 Å². The number of fused-ring (bicyclic) bond motifs is 1. The van der Waals surface area contributed by atoms with Crippen LogP contribution in [0.1, 0.15) is 22.5 Å².